The van der Waals surface area contributed by atoms with Crippen molar-refractivity contribution in [3.8, 4) is 0 Å². The average Bonchev–Trinajstić information content (AvgIpc) is 2.72. The lowest BCUT2D eigenvalue weighted by atomic mass is 9.91. The summed E-state index contributed by atoms with van der Waals surface area (Å²) in [5.41, 5.74) is 2.93. The lowest BCUT2D eigenvalue weighted by molar-refractivity contribution is -0.139. The molecule has 180 valence electrons. The quantitative estimate of drug-likeness (QED) is 0.492. The Balaban J connectivity index is 2.34. The highest BCUT2D eigenvalue weighted by Gasteiger charge is 2.30. The highest BCUT2D eigenvalue weighted by molar-refractivity contribution is 5.91. The Morgan fingerprint density at radius 1 is 1.06 bits per heavy atom. The van der Waals surface area contributed by atoms with Gasteiger partial charge in [0.05, 0.1) is 0 Å². The van der Waals surface area contributed by atoms with Gasteiger partial charge in [0.15, 0.2) is 0 Å². The zero-order valence-electron chi connectivity index (χ0n) is 21.5. The Bertz CT molecular complexity index is 757. The maximum absolute atomic E-state index is 13.6. The van der Waals surface area contributed by atoms with E-state index in [0.29, 0.717) is 19.0 Å². The molecule has 0 radical (unpaired) electrons. The molecule has 1 saturated carbocycles. The summed E-state index contributed by atoms with van der Waals surface area (Å²) in [6, 6.07) is 6.40. The van der Waals surface area contributed by atoms with Gasteiger partial charge in [0.25, 0.3) is 0 Å². The van der Waals surface area contributed by atoms with Gasteiger partial charge in [-0.3, -0.25) is 9.59 Å². The molecule has 0 unspecified atom stereocenters. The maximum Gasteiger partial charge on any atom is 0.226 e. The maximum atomic E-state index is 13.6. The van der Waals surface area contributed by atoms with Crippen molar-refractivity contribution in [2.75, 3.05) is 24.3 Å². The molecule has 0 atom stereocenters. The first-order chi connectivity index (χ1) is 15.1. The van der Waals surface area contributed by atoms with Gasteiger partial charge in [0, 0.05) is 50.4 Å². The van der Waals surface area contributed by atoms with Crippen molar-refractivity contribution in [2.24, 2.45) is 11.3 Å². The number of hydrogen-bond acceptors (Lipinski definition) is 3. The first kappa shape index (κ1) is 26.2. The molecule has 2 rings (SSSR count). The van der Waals surface area contributed by atoms with Crippen LogP contribution in [0, 0.1) is 11.3 Å². The van der Waals surface area contributed by atoms with Crippen molar-refractivity contribution in [3.05, 3.63) is 23.8 Å². The molecular weight excluding hydrogens is 398 g/mol. The van der Waals surface area contributed by atoms with Crippen LogP contribution in [0.5, 0.6) is 0 Å². The number of carbonyl (C=O) groups excluding carboxylic acids is 2. The van der Waals surface area contributed by atoms with Gasteiger partial charge in [-0.1, -0.05) is 53.9 Å². The van der Waals surface area contributed by atoms with Crippen LogP contribution in [0.2, 0.25) is 0 Å². The molecule has 0 heterocycles. The third-order valence-electron chi connectivity index (χ3n) is 6.51. The predicted octanol–water partition coefficient (Wildman–Crippen LogP) is 6.22. The summed E-state index contributed by atoms with van der Waals surface area (Å²) in [7, 11) is 4.06. The van der Waals surface area contributed by atoms with Gasteiger partial charge in [-0.25, -0.2) is 0 Å². The van der Waals surface area contributed by atoms with Crippen LogP contribution in [-0.4, -0.2) is 36.9 Å². The third kappa shape index (κ3) is 7.53. The fourth-order valence-corrected chi connectivity index (χ4v) is 4.75. The van der Waals surface area contributed by atoms with E-state index in [1.165, 1.54) is 19.3 Å². The average molecular weight is 444 g/mol. The summed E-state index contributed by atoms with van der Waals surface area (Å²) >= 11 is 0. The van der Waals surface area contributed by atoms with Crippen LogP contribution in [-0.2, 0) is 16.1 Å². The van der Waals surface area contributed by atoms with Crippen molar-refractivity contribution in [1.82, 2.24) is 4.90 Å². The number of amides is 2. The van der Waals surface area contributed by atoms with Gasteiger partial charge in [-0.05, 0) is 54.9 Å². The second-order valence-electron chi connectivity index (χ2n) is 10.8. The summed E-state index contributed by atoms with van der Waals surface area (Å²) in [5, 5.41) is 3.07. The van der Waals surface area contributed by atoms with Gasteiger partial charge in [-0.15, -0.1) is 0 Å². The first-order valence-electron chi connectivity index (χ1n) is 12.5. The van der Waals surface area contributed by atoms with Crippen LogP contribution in [0.3, 0.4) is 0 Å². The van der Waals surface area contributed by atoms with Crippen LogP contribution in [0.1, 0.15) is 91.5 Å². The lowest BCUT2D eigenvalue weighted by Crippen LogP contribution is -2.44. The highest BCUT2D eigenvalue weighted by Crippen LogP contribution is 2.31. The molecule has 1 aromatic carbocycles. The van der Waals surface area contributed by atoms with Crippen molar-refractivity contribution < 1.29 is 9.59 Å². The van der Waals surface area contributed by atoms with Crippen LogP contribution >= 0.6 is 0 Å². The highest BCUT2D eigenvalue weighted by atomic mass is 16.2. The van der Waals surface area contributed by atoms with Gasteiger partial charge in [0.1, 0.15) is 0 Å². The van der Waals surface area contributed by atoms with E-state index in [1.807, 2.05) is 20.2 Å². The Labute approximate surface area is 195 Å². The number of rotatable bonds is 9. The molecule has 1 aromatic rings. The summed E-state index contributed by atoms with van der Waals surface area (Å²) in [4.78, 5) is 30.3. The molecule has 0 bridgehead atoms. The summed E-state index contributed by atoms with van der Waals surface area (Å²) < 4.78 is 0. The standard InChI is InChI=1S/C27H45N3O2/c1-8-20(9-2)26(32)30(23-13-11-10-12-14-23)19-21-17-22(15-16-24(21)29(6)7)28-25(31)18-27(3,4)5/h15-17,20,23H,8-14,18-19H2,1-7H3,(H,28,31). The smallest absolute Gasteiger partial charge is 0.226 e. The number of nitrogens with zero attached hydrogens (tertiary/aromatic N) is 2. The fraction of sp³-hybridized carbons (Fsp3) is 0.704. The van der Waals surface area contributed by atoms with E-state index in [9.17, 15) is 9.59 Å². The second-order valence-corrected chi connectivity index (χ2v) is 10.8. The Hall–Kier alpha value is -2.04. The van der Waals surface area contributed by atoms with Gasteiger partial charge < -0.3 is 15.1 Å². The molecule has 1 fully saturated rings. The van der Waals surface area contributed by atoms with E-state index in [4.69, 9.17) is 0 Å². The Kier molecular flexibility index (Phi) is 9.60. The van der Waals surface area contributed by atoms with E-state index in [2.05, 4.69) is 61.9 Å². The monoisotopic (exact) mass is 443 g/mol. The van der Waals surface area contributed by atoms with E-state index in [0.717, 1.165) is 42.6 Å². The predicted molar refractivity (Wildman–Crippen MR) is 135 cm³/mol. The number of nitrogens with one attached hydrogen (secondary N) is 1. The normalized spacial score (nSPS) is 15.0. The zero-order chi connectivity index (χ0) is 23.9. The van der Waals surface area contributed by atoms with E-state index in [-0.39, 0.29) is 23.1 Å². The van der Waals surface area contributed by atoms with Crippen molar-refractivity contribution >= 4 is 23.2 Å². The molecule has 2 amide bonds. The number of hydrogen-bond donors (Lipinski definition) is 1. The van der Waals surface area contributed by atoms with Crippen molar-refractivity contribution in [2.45, 2.75) is 98.6 Å². The van der Waals surface area contributed by atoms with E-state index in [1.54, 1.807) is 0 Å². The molecule has 1 aliphatic carbocycles. The van der Waals surface area contributed by atoms with Crippen LogP contribution in [0.4, 0.5) is 11.4 Å². The minimum atomic E-state index is -0.0595. The van der Waals surface area contributed by atoms with E-state index < -0.39 is 0 Å². The van der Waals surface area contributed by atoms with E-state index >= 15 is 0 Å². The minimum absolute atomic E-state index is 0.0262. The SMILES string of the molecule is CCC(CC)C(=O)N(Cc1cc(NC(=O)CC(C)(C)C)ccc1N(C)C)C1CCCCC1. The molecule has 0 spiro atoms. The zero-order valence-corrected chi connectivity index (χ0v) is 21.5. The topological polar surface area (TPSA) is 52.7 Å². The molecule has 0 aliphatic heterocycles. The largest absolute Gasteiger partial charge is 0.377 e. The molecule has 5 nitrogen and oxygen atoms in total. The molecule has 0 saturated heterocycles. The van der Waals surface area contributed by atoms with Crippen LogP contribution in [0.25, 0.3) is 0 Å². The minimum Gasteiger partial charge on any atom is -0.377 e. The lowest BCUT2D eigenvalue weighted by Gasteiger charge is -2.37. The summed E-state index contributed by atoms with van der Waals surface area (Å²) in [6.45, 7) is 11.0. The number of anilines is 2. The molecule has 0 aromatic heterocycles. The fourth-order valence-electron chi connectivity index (χ4n) is 4.75. The van der Waals surface area contributed by atoms with Crippen molar-refractivity contribution in [1.29, 1.82) is 0 Å². The van der Waals surface area contributed by atoms with Gasteiger partial charge >= 0.3 is 0 Å². The third-order valence-corrected chi connectivity index (χ3v) is 6.51. The second kappa shape index (κ2) is 11.7. The number of benzene rings is 1. The summed E-state index contributed by atoms with van der Waals surface area (Å²) in [5.74, 6) is 0.390. The van der Waals surface area contributed by atoms with Gasteiger partial charge in [0.2, 0.25) is 11.8 Å². The van der Waals surface area contributed by atoms with Gasteiger partial charge in [-0.2, -0.15) is 0 Å². The Morgan fingerprint density at radius 3 is 2.22 bits per heavy atom. The van der Waals surface area contributed by atoms with Crippen LogP contribution in [0.15, 0.2) is 18.2 Å². The number of carbonyl (C=O) groups is 2. The molecule has 1 aliphatic rings. The van der Waals surface area contributed by atoms with Crippen molar-refractivity contribution in [3.63, 3.8) is 0 Å². The Morgan fingerprint density at radius 2 is 1.69 bits per heavy atom. The molecular formula is C27H45N3O2. The first-order valence-corrected chi connectivity index (χ1v) is 12.5. The summed E-state index contributed by atoms with van der Waals surface area (Å²) in [6.07, 6.45) is 8.06. The molecule has 1 N–H and O–H groups in total. The van der Waals surface area contributed by atoms with Crippen LogP contribution < -0.4 is 10.2 Å². The molecule has 32 heavy (non-hydrogen) atoms. The molecule has 5 heteroatoms.